The molecule has 1 N–H and O–H groups in total. The first-order valence-corrected chi connectivity index (χ1v) is 15.9. The van der Waals surface area contributed by atoms with E-state index < -0.39 is 29.6 Å². The molecule has 45 heavy (non-hydrogen) atoms. The fraction of sp³-hybridized carbons (Fsp3) is 0.378. The number of fused-ring (bicyclic) bond motifs is 2. The molecule has 0 saturated carbocycles. The number of aliphatic hydroxyl groups is 1. The Kier molecular flexibility index (Phi) is 8.88. The Bertz CT molecular complexity index is 1590. The molecular formula is C37H41N3O5. The van der Waals surface area contributed by atoms with Gasteiger partial charge in [0, 0.05) is 38.5 Å². The van der Waals surface area contributed by atoms with Gasteiger partial charge in [-0.3, -0.25) is 14.4 Å². The molecule has 3 amide bonds. The number of hydrogen-bond acceptors (Lipinski definition) is 5. The van der Waals surface area contributed by atoms with Crippen LogP contribution in [0.3, 0.4) is 0 Å². The van der Waals surface area contributed by atoms with E-state index in [0.717, 1.165) is 16.3 Å². The Morgan fingerprint density at radius 2 is 1.69 bits per heavy atom. The van der Waals surface area contributed by atoms with Crippen molar-refractivity contribution in [3.05, 3.63) is 104 Å². The van der Waals surface area contributed by atoms with Gasteiger partial charge in [-0.25, -0.2) is 0 Å². The van der Waals surface area contributed by atoms with Crippen LogP contribution in [0.5, 0.6) is 0 Å². The maximum Gasteiger partial charge on any atom is 0.253 e. The number of carbonyl (C=O) groups excluding carboxylic acids is 3. The summed E-state index contributed by atoms with van der Waals surface area (Å²) in [6.07, 6.45) is 5.09. The second-order valence-electron chi connectivity index (χ2n) is 12.3. The summed E-state index contributed by atoms with van der Waals surface area (Å²) < 4.78 is 6.71. The van der Waals surface area contributed by atoms with Gasteiger partial charge in [-0.1, -0.05) is 72.8 Å². The molecule has 5 atom stereocenters. The minimum Gasteiger partial charge on any atom is -0.396 e. The maximum absolute atomic E-state index is 14.8. The number of nitrogens with zero attached hydrogens (tertiary/aromatic N) is 3. The number of likely N-dealkylation sites (tertiary alicyclic amines) is 1. The molecule has 8 heteroatoms. The van der Waals surface area contributed by atoms with Gasteiger partial charge in [-0.05, 0) is 54.2 Å². The van der Waals surface area contributed by atoms with Crippen LogP contribution >= 0.6 is 0 Å². The van der Waals surface area contributed by atoms with Gasteiger partial charge in [0.1, 0.15) is 11.6 Å². The van der Waals surface area contributed by atoms with Gasteiger partial charge in [0.05, 0.1) is 17.9 Å². The van der Waals surface area contributed by atoms with E-state index >= 15 is 0 Å². The predicted molar refractivity (Wildman–Crippen MR) is 174 cm³/mol. The van der Waals surface area contributed by atoms with Crippen molar-refractivity contribution in [2.45, 2.75) is 50.0 Å². The van der Waals surface area contributed by atoms with E-state index in [0.29, 0.717) is 51.0 Å². The second kappa shape index (κ2) is 13.0. The van der Waals surface area contributed by atoms with Gasteiger partial charge in [0.15, 0.2) is 0 Å². The molecule has 3 saturated heterocycles. The van der Waals surface area contributed by atoms with Crippen molar-refractivity contribution >= 4 is 34.2 Å². The van der Waals surface area contributed by atoms with Crippen LogP contribution in [-0.2, 0) is 25.7 Å². The molecule has 2 unspecified atom stereocenters. The van der Waals surface area contributed by atoms with Crippen LogP contribution < -0.4 is 4.90 Å². The highest BCUT2D eigenvalue weighted by Crippen LogP contribution is 2.59. The molecule has 3 heterocycles. The molecule has 8 nitrogen and oxygen atoms in total. The quantitative estimate of drug-likeness (QED) is 0.224. The van der Waals surface area contributed by atoms with Crippen LogP contribution in [0.25, 0.3) is 10.8 Å². The lowest BCUT2D eigenvalue weighted by Gasteiger charge is -2.37. The number of ether oxygens (including phenoxy) is 1. The van der Waals surface area contributed by atoms with Crippen molar-refractivity contribution in [2.75, 3.05) is 31.1 Å². The highest BCUT2D eigenvalue weighted by atomic mass is 16.5. The Morgan fingerprint density at radius 1 is 0.956 bits per heavy atom. The molecule has 3 aliphatic rings. The van der Waals surface area contributed by atoms with Gasteiger partial charge in [0.2, 0.25) is 11.8 Å². The summed E-state index contributed by atoms with van der Waals surface area (Å²) in [7, 11) is 0. The van der Waals surface area contributed by atoms with Gasteiger partial charge in [-0.2, -0.15) is 0 Å². The SMILES string of the molecule is C=CCN(Cc1ccccc1)C(=O)[C@@H]1[C@@H]2CCC3(O2)C(C(=O)N(CC=C)c2ccc4ccccc4c2)N(CCCCO)C(=O)[C@H]13. The molecular weight excluding hydrogens is 566 g/mol. The summed E-state index contributed by atoms with van der Waals surface area (Å²) in [4.78, 5) is 48.6. The third-order valence-electron chi connectivity index (χ3n) is 9.63. The summed E-state index contributed by atoms with van der Waals surface area (Å²) in [5.41, 5.74) is 0.584. The maximum atomic E-state index is 14.8. The van der Waals surface area contributed by atoms with Crippen molar-refractivity contribution in [2.24, 2.45) is 11.8 Å². The minimum absolute atomic E-state index is 0.00935. The molecule has 3 fully saturated rings. The van der Waals surface area contributed by atoms with Crippen LogP contribution in [0, 0.1) is 11.8 Å². The largest absolute Gasteiger partial charge is 0.396 e. The van der Waals surface area contributed by atoms with Crippen LogP contribution in [0.4, 0.5) is 5.69 Å². The van der Waals surface area contributed by atoms with Crippen LogP contribution in [-0.4, -0.2) is 76.6 Å². The summed E-state index contributed by atoms with van der Waals surface area (Å²) in [5.74, 6) is -2.07. The van der Waals surface area contributed by atoms with Crippen molar-refractivity contribution in [3.63, 3.8) is 0 Å². The van der Waals surface area contributed by atoms with E-state index in [2.05, 4.69) is 13.2 Å². The van der Waals surface area contributed by atoms with Crippen molar-refractivity contribution < 1.29 is 24.2 Å². The zero-order valence-corrected chi connectivity index (χ0v) is 25.6. The molecule has 1 spiro atoms. The van der Waals surface area contributed by atoms with E-state index in [1.807, 2.05) is 72.8 Å². The second-order valence-corrected chi connectivity index (χ2v) is 12.3. The fourth-order valence-electron chi connectivity index (χ4n) is 7.70. The zero-order chi connectivity index (χ0) is 31.6. The standard InChI is InChI=1S/C37H41N3O5/c1-3-20-38(25-26-12-6-5-7-13-26)34(42)31-30-18-19-37(45-30)32(31)35(43)40(22-10-11-23-41)33(37)36(44)39(21-4-2)29-17-16-27-14-8-9-15-28(27)24-29/h3-9,12-17,24,30-33,41H,1-2,10-11,18-23,25H2/t30-,31+,32-,33?,37?/m0/s1. The average molecular weight is 608 g/mol. The topological polar surface area (TPSA) is 90.4 Å². The average Bonchev–Trinajstić information content (AvgIpc) is 3.70. The van der Waals surface area contributed by atoms with E-state index in [-0.39, 0.29) is 30.9 Å². The molecule has 3 aromatic rings. The molecule has 0 aliphatic carbocycles. The first kappa shape index (κ1) is 30.7. The highest BCUT2D eigenvalue weighted by molar-refractivity contribution is 6.05. The summed E-state index contributed by atoms with van der Waals surface area (Å²) >= 11 is 0. The van der Waals surface area contributed by atoms with Crippen LogP contribution in [0.2, 0.25) is 0 Å². The number of rotatable bonds is 13. The van der Waals surface area contributed by atoms with Gasteiger partial charge >= 0.3 is 0 Å². The Hall–Kier alpha value is -4.27. The highest BCUT2D eigenvalue weighted by Gasteiger charge is 2.74. The van der Waals surface area contributed by atoms with Gasteiger partial charge < -0.3 is 24.5 Å². The number of benzene rings is 3. The summed E-state index contributed by atoms with van der Waals surface area (Å²) in [5, 5.41) is 11.6. The van der Waals surface area contributed by atoms with Crippen molar-refractivity contribution in [1.82, 2.24) is 9.80 Å². The smallest absolute Gasteiger partial charge is 0.253 e. The molecule has 6 rings (SSSR count). The number of hydrogen-bond donors (Lipinski definition) is 1. The van der Waals surface area contributed by atoms with Crippen molar-refractivity contribution in [3.8, 4) is 0 Å². The van der Waals surface area contributed by atoms with E-state index in [1.165, 1.54) is 0 Å². The Morgan fingerprint density at radius 3 is 2.42 bits per heavy atom. The fourth-order valence-corrected chi connectivity index (χ4v) is 7.70. The van der Waals surface area contributed by atoms with Gasteiger partial charge in [-0.15, -0.1) is 13.2 Å². The van der Waals surface area contributed by atoms with Gasteiger partial charge in [0.25, 0.3) is 5.91 Å². The lowest BCUT2D eigenvalue weighted by Crippen LogP contribution is -2.56. The van der Waals surface area contributed by atoms with E-state index in [1.54, 1.807) is 26.9 Å². The van der Waals surface area contributed by atoms with Crippen LogP contribution in [0.15, 0.2) is 98.1 Å². The normalized spacial score (nSPS) is 24.9. The van der Waals surface area contributed by atoms with E-state index in [9.17, 15) is 19.5 Å². The Balaban J connectivity index is 1.37. The predicted octanol–water partition coefficient (Wildman–Crippen LogP) is 4.72. The molecule has 0 radical (unpaired) electrons. The minimum atomic E-state index is -1.11. The first-order valence-electron chi connectivity index (χ1n) is 15.9. The Labute approximate surface area is 264 Å². The zero-order valence-electron chi connectivity index (χ0n) is 25.6. The van der Waals surface area contributed by atoms with Crippen LogP contribution in [0.1, 0.15) is 31.2 Å². The number of carbonyl (C=O) groups is 3. The molecule has 0 aromatic heterocycles. The molecule has 234 valence electrons. The molecule has 3 aromatic carbocycles. The first-order chi connectivity index (χ1) is 21.9. The number of unbranched alkanes of at least 4 members (excludes halogenated alkanes) is 1. The van der Waals surface area contributed by atoms with E-state index in [4.69, 9.17) is 4.74 Å². The number of aliphatic hydroxyl groups excluding tert-OH is 1. The number of anilines is 1. The molecule has 2 bridgehead atoms. The third kappa shape index (κ3) is 5.47. The monoisotopic (exact) mass is 607 g/mol. The number of amides is 3. The lowest BCUT2D eigenvalue weighted by atomic mass is 9.70. The molecule has 3 aliphatic heterocycles. The lowest BCUT2D eigenvalue weighted by molar-refractivity contribution is -0.145. The summed E-state index contributed by atoms with van der Waals surface area (Å²) in [6.45, 7) is 9.06. The third-order valence-corrected chi connectivity index (χ3v) is 9.63. The summed E-state index contributed by atoms with van der Waals surface area (Å²) in [6, 6.07) is 22.7. The van der Waals surface area contributed by atoms with Crippen molar-refractivity contribution in [1.29, 1.82) is 0 Å².